The molecule has 11 nitrogen and oxygen atoms in total. The SMILES string of the molecule is COCC(C)(C)Cn1cc(-c2cccc(NC(=O)N3CCC4(CC3)NC(=O)N(c3ccccc3)C4=O)c2)nn1. The number of hydrogen-bond donors (Lipinski definition) is 2. The second-order valence-electron chi connectivity index (χ2n) is 10.9. The number of carbonyl (C=O) groups excluding carboxylic acids is 3. The highest BCUT2D eigenvalue weighted by Gasteiger charge is 2.53. The third-order valence-electron chi connectivity index (χ3n) is 7.15. The molecule has 5 rings (SSSR count). The fourth-order valence-corrected chi connectivity index (χ4v) is 5.20. The van der Waals surface area contributed by atoms with Crippen molar-refractivity contribution in [3.8, 4) is 11.3 Å². The zero-order valence-electron chi connectivity index (χ0n) is 22.4. The molecule has 3 aromatic rings. The van der Waals surface area contributed by atoms with Crippen molar-refractivity contribution in [1.82, 2.24) is 25.2 Å². The van der Waals surface area contributed by atoms with Crippen molar-refractivity contribution in [3.05, 3.63) is 60.8 Å². The molecule has 1 spiro atoms. The number of rotatable bonds is 7. The van der Waals surface area contributed by atoms with Crippen LogP contribution in [0.3, 0.4) is 0 Å². The zero-order valence-corrected chi connectivity index (χ0v) is 22.4. The number of nitrogens with one attached hydrogen (secondary N) is 2. The number of carbonyl (C=O) groups is 3. The first-order valence-electron chi connectivity index (χ1n) is 13.0. The summed E-state index contributed by atoms with van der Waals surface area (Å²) in [4.78, 5) is 41.8. The predicted molar refractivity (Wildman–Crippen MR) is 146 cm³/mol. The van der Waals surface area contributed by atoms with Crippen molar-refractivity contribution in [3.63, 3.8) is 0 Å². The number of anilines is 2. The molecule has 2 N–H and O–H groups in total. The summed E-state index contributed by atoms with van der Waals surface area (Å²) in [5.74, 6) is -0.273. The van der Waals surface area contributed by atoms with E-state index in [1.807, 2.05) is 36.5 Å². The second-order valence-corrected chi connectivity index (χ2v) is 10.9. The molecule has 0 unspecified atom stereocenters. The van der Waals surface area contributed by atoms with E-state index in [4.69, 9.17) is 4.74 Å². The van der Waals surface area contributed by atoms with Gasteiger partial charge in [-0.25, -0.2) is 14.5 Å². The van der Waals surface area contributed by atoms with Crippen LogP contribution in [-0.4, -0.2) is 70.2 Å². The largest absolute Gasteiger partial charge is 0.384 e. The lowest BCUT2D eigenvalue weighted by atomic mass is 9.87. The lowest BCUT2D eigenvalue weighted by molar-refractivity contribution is -0.123. The second kappa shape index (κ2) is 10.5. The lowest BCUT2D eigenvalue weighted by Crippen LogP contribution is -2.56. The maximum atomic E-state index is 13.2. The van der Waals surface area contributed by atoms with Gasteiger partial charge >= 0.3 is 12.1 Å². The highest BCUT2D eigenvalue weighted by molar-refractivity contribution is 6.23. The van der Waals surface area contributed by atoms with Crippen LogP contribution < -0.4 is 15.5 Å². The Bertz CT molecular complexity index is 1360. The van der Waals surface area contributed by atoms with Gasteiger partial charge in [0, 0.05) is 43.4 Å². The Labute approximate surface area is 227 Å². The molecule has 3 heterocycles. The maximum Gasteiger partial charge on any atom is 0.329 e. The summed E-state index contributed by atoms with van der Waals surface area (Å²) in [5.41, 5.74) is 1.63. The van der Waals surface area contributed by atoms with E-state index in [-0.39, 0.29) is 17.4 Å². The molecule has 2 fully saturated rings. The van der Waals surface area contributed by atoms with Gasteiger partial charge in [-0.05, 0) is 37.1 Å². The number of nitrogens with zero attached hydrogens (tertiary/aromatic N) is 5. The number of piperidine rings is 1. The molecule has 0 saturated carbocycles. The van der Waals surface area contributed by atoms with E-state index in [0.717, 1.165) is 5.56 Å². The number of imide groups is 1. The Morgan fingerprint density at radius 1 is 1.10 bits per heavy atom. The van der Waals surface area contributed by atoms with Crippen LogP contribution >= 0.6 is 0 Å². The Morgan fingerprint density at radius 3 is 2.56 bits per heavy atom. The Balaban J connectivity index is 1.20. The summed E-state index contributed by atoms with van der Waals surface area (Å²) in [7, 11) is 1.68. The fourth-order valence-electron chi connectivity index (χ4n) is 5.20. The monoisotopic (exact) mass is 531 g/mol. The van der Waals surface area contributed by atoms with Gasteiger partial charge in [-0.1, -0.05) is 49.4 Å². The van der Waals surface area contributed by atoms with Crippen molar-refractivity contribution in [2.24, 2.45) is 5.41 Å². The summed E-state index contributed by atoms with van der Waals surface area (Å²) in [6.07, 6.45) is 2.57. The van der Waals surface area contributed by atoms with Crippen LogP contribution in [-0.2, 0) is 16.1 Å². The number of amides is 5. The van der Waals surface area contributed by atoms with Crippen LogP contribution in [0.4, 0.5) is 21.0 Å². The molecule has 39 heavy (non-hydrogen) atoms. The van der Waals surface area contributed by atoms with E-state index in [2.05, 4.69) is 34.8 Å². The van der Waals surface area contributed by atoms with Crippen molar-refractivity contribution in [2.75, 3.05) is 37.0 Å². The number of ether oxygens (including phenoxy) is 1. The standard InChI is InChI=1S/C28H33N7O4/c1-27(2,19-39-3)18-34-17-23(31-32-34)20-8-7-9-21(16-20)29-25(37)33-14-12-28(13-15-33)24(36)35(26(38)30-28)22-10-5-4-6-11-22/h4-11,16-17H,12-15,18-19H2,1-3H3,(H,29,37)(H,30,38). The van der Waals surface area contributed by atoms with Crippen molar-refractivity contribution in [1.29, 1.82) is 0 Å². The molecule has 2 aliphatic heterocycles. The number of aromatic nitrogens is 3. The lowest BCUT2D eigenvalue weighted by Gasteiger charge is -2.37. The molecule has 0 aliphatic carbocycles. The first kappa shape index (κ1) is 26.4. The van der Waals surface area contributed by atoms with Gasteiger partial charge < -0.3 is 20.3 Å². The van der Waals surface area contributed by atoms with E-state index >= 15 is 0 Å². The van der Waals surface area contributed by atoms with Crippen LogP contribution in [0.15, 0.2) is 60.8 Å². The minimum Gasteiger partial charge on any atom is -0.384 e. The van der Waals surface area contributed by atoms with Gasteiger partial charge in [-0.2, -0.15) is 0 Å². The van der Waals surface area contributed by atoms with Crippen LogP contribution in [0.5, 0.6) is 0 Å². The molecule has 2 aliphatic rings. The van der Waals surface area contributed by atoms with Crippen molar-refractivity contribution < 1.29 is 19.1 Å². The van der Waals surface area contributed by atoms with Gasteiger partial charge in [0.2, 0.25) is 0 Å². The van der Waals surface area contributed by atoms with Crippen LogP contribution in [0, 0.1) is 5.41 Å². The molecule has 1 aromatic heterocycles. The molecule has 204 valence electrons. The number of urea groups is 2. The van der Waals surface area contributed by atoms with E-state index in [0.29, 0.717) is 56.2 Å². The molecule has 2 aromatic carbocycles. The number of benzene rings is 2. The number of methoxy groups -OCH3 is 1. The Kier molecular flexibility index (Phi) is 7.09. The third-order valence-corrected chi connectivity index (χ3v) is 7.15. The van der Waals surface area contributed by atoms with Gasteiger partial charge in [0.1, 0.15) is 11.2 Å². The van der Waals surface area contributed by atoms with E-state index in [9.17, 15) is 14.4 Å². The van der Waals surface area contributed by atoms with Crippen LogP contribution in [0.25, 0.3) is 11.3 Å². The molecular formula is C28H33N7O4. The normalized spacial score (nSPS) is 17.0. The van der Waals surface area contributed by atoms with Gasteiger partial charge in [0.25, 0.3) is 5.91 Å². The highest BCUT2D eigenvalue weighted by Crippen LogP contribution is 2.33. The van der Waals surface area contributed by atoms with Crippen LogP contribution in [0.1, 0.15) is 26.7 Å². The van der Waals surface area contributed by atoms with Gasteiger partial charge in [0.05, 0.1) is 18.5 Å². The predicted octanol–water partition coefficient (Wildman–Crippen LogP) is 3.74. The molecule has 0 bridgehead atoms. The summed E-state index contributed by atoms with van der Waals surface area (Å²) < 4.78 is 7.09. The van der Waals surface area contributed by atoms with E-state index in [1.54, 1.807) is 41.0 Å². The average molecular weight is 532 g/mol. The fraction of sp³-hybridized carbons (Fsp3) is 0.393. The molecule has 0 radical (unpaired) electrons. The highest BCUT2D eigenvalue weighted by atomic mass is 16.5. The first-order valence-corrected chi connectivity index (χ1v) is 13.0. The van der Waals surface area contributed by atoms with E-state index in [1.165, 1.54) is 4.90 Å². The topological polar surface area (TPSA) is 122 Å². The Hall–Kier alpha value is -4.25. The minimum atomic E-state index is -0.993. The minimum absolute atomic E-state index is 0.0890. The molecule has 5 amide bonds. The summed E-state index contributed by atoms with van der Waals surface area (Å²) in [5, 5.41) is 14.4. The Morgan fingerprint density at radius 2 is 1.85 bits per heavy atom. The van der Waals surface area contributed by atoms with Crippen molar-refractivity contribution in [2.45, 2.75) is 38.8 Å². The summed E-state index contributed by atoms with van der Waals surface area (Å²) >= 11 is 0. The molecular weight excluding hydrogens is 498 g/mol. The number of para-hydroxylation sites is 1. The van der Waals surface area contributed by atoms with Crippen molar-refractivity contribution >= 4 is 29.3 Å². The average Bonchev–Trinajstić information content (AvgIpc) is 3.46. The summed E-state index contributed by atoms with van der Waals surface area (Å²) in [6.45, 7) is 6.15. The molecule has 11 heteroatoms. The van der Waals surface area contributed by atoms with Gasteiger partial charge in [0.15, 0.2) is 0 Å². The molecule has 2 saturated heterocycles. The van der Waals surface area contributed by atoms with Gasteiger partial charge in [-0.15, -0.1) is 5.10 Å². The van der Waals surface area contributed by atoms with Gasteiger partial charge in [-0.3, -0.25) is 9.48 Å². The number of likely N-dealkylation sites (tertiary alicyclic amines) is 1. The molecule has 0 atom stereocenters. The number of hydrogen-bond acceptors (Lipinski definition) is 6. The quantitative estimate of drug-likeness (QED) is 0.448. The van der Waals surface area contributed by atoms with Crippen LogP contribution in [0.2, 0.25) is 0 Å². The third kappa shape index (κ3) is 5.49. The van der Waals surface area contributed by atoms with E-state index < -0.39 is 11.6 Å². The smallest absolute Gasteiger partial charge is 0.329 e. The maximum absolute atomic E-state index is 13.2. The summed E-state index contributed by atoms with van der Waals surface area (Å²) in [6, 6.07) is 15.6. The zero-order chi connectivity index (χ0) is 27.6. The first-order chi connectivity index (χ1) is 18.7.